The Morgan fingerprint density at radius 3 is 2.50 bits per heavy atom. The van der Waals surface area contributed by atoms with Crippen molar-refractivity contribution in [1.82, 2.24) is 19.9 Å². The van der Waals surface area contributed by atoms with Gasteiger partial charge in [0.05, 0.1) is 28.2 Å². The summed E-state index contributed by atoms with van der Waals surface area (Å²) < 4.78 is 46.9. The van der Waals surface area contributed by atoms with Crippen LogP contribution in [0.25, 0.3) is 22.0 Å². The Kier molecular flexibility index (Phi) is 8.96. The number of aryl methyl sites for hydroxylation is 1. The highest BCUT2D eigenvalue weighted by atomic mass is 35.5. The average molecular weight is 612 g/mol. The van der Waals surface area contributed by atoms with Crippen LogP contribution in [0.2, 0.25) is 5.02 Å². The zero-order valence-corrected chi connectivity index (χ0v) is 25.8. The second kappa shape index (κ2) is 12.5. The largest absolute Gasteiger partial charge is 0.481 e. The summed E-state index contributed by atoms with van der Waals surface area (Å²) in [6.45, 7) is 2.04. The monoisotopic (exact) mass is 611 g/mol. The maximum Gasteiger partial charge on any atom is 0.223 e. The molecule has 0 spiro atoms. The van der Waals surface area contributed by atoms with Crippen molar-refractivity contribution in [1.29, 1.82) is 0 Å². The van der Waals surface area contributed by atoms with Crippen molar-refractivity contribution in [3.8, 4) is 17.0 Å². The fourth-order valence-corrected chi connectivity index (χ4v) is 7.42. The van der Waals surface area contributed by atoms with Crippen molar-refractivity contribution in [2.45, 2.75) is 61.8 Å². The van der Waals surface area contributed by atoms with E-state index in [1.54, 1.807) is 18.3 Å². The summed E-state index contributed by atoms with van der Waals surface area (Å²) in [5, 5.41) is 4.39. The number of aromatic nitrogens is 3. The molecular weight excluding hydrogens is 577 g/mol. The predicted octanol–water partition coefficient (Wildman–Crippen LogP) is 6.31. The maximum absolute atomic E-state index is 15.4. The molecule has 0 bridgehead atoms. The fourth-order valence-electron chi connectivity index (χ4n) is 5.56. The molecule has 2 aromatic heterocycles. The minimum atomic E-state index is -3.94. The van der Waals surface area contributed by atoms with Gasteiger partial charge in [0.15, 0.2) is 9.84 Å². The van der Waals surface area contributed by atoms with Crippen LogP contribution >= 0.6 is 11.6 Å². The topological polar surface area (TPSA) is 97.3 Å². The number of fused-ring (bicyclic) bond motifs is 1. The highest BCUT2D eigenvalue weighted by Crippen LogP contribution is 2.35. The van der Waals surface area contributed by atoms with Crippen LogP contribution in [0.1, 0.15) is 43.9 Å². The number of ether oxygens (including phenoxy) is 1. The van der Waals surface area contributed by atoms with Crippen molar-refractivity contribution in [3.05, 3.63) is 70.8 Å². The molecule has 42 heavy (non-hydrogen) atoms. The molecule has 1 fully saturated rings. The number of methoxy groups -OCH3 is 1. The Labute approximate surface area is 251 Å². The van der Waals surface area contributed by atoms with Crippen molar-refractivity contribution in [2.75, 3.05) is 26.5 Å². The lowest BCUT2D eigenvalue weighted by Crippen LogP contribution is -2.36. The first kappa shape index (κ1) is 30.1. The molecule has 2 heterocycles. The average Bonchev–Trinajstić information content (AvgIpc) is 2.97. The first-order chi connectivity index (χ1) is 20.1. The molecule has 0 radical (unpaired) electrons. The molecular formula is C31H35ClFN5O3S. The highest BCUT2D eigenvalue weighted by molar-refractivity contribution is 7.90. The summed E-state index contributed by atoms with van der Waals surface area (Å²) >= 11 is 6.10. The van der Waals surface area contributed by atoms with E-state index in [2.05, 4.69) is 34.3 Å². The van der Waals surface area contributed by atoms with Gasteiger partial charge in [0.25, 0.3) is 0 Å². The Hall–Kier alpha value is -3.34. The fraction of sp³-hybridized carbons (Fsp3) is 0.387. The van der Waals surface area contributed by atoms with Gasteiger partial charge in [-0.15, -0.1) is 0 Å². The van der Waals surface area contributed by atoms with E-state index in [4.69, 9.17) is 21.3 Å². The lowest BCUT2D eigenvalue weighted by Gasteiger charge is -2.32. The number of anilines is 1. The molecule has 1 N–H and O–H groups in total. The van der Waals surface area contributed by atoms with E-state index in [0.717, 1.165) is 42.1 Å². The third kappa shape index (κ3) is 6.35. The van der Waals surface area contributed by atoms with Crippen molar-refractivity contribution >= 4 is 38.3 Å². The van der Waals surface area contributed by atoms with E-state index < -0.39 is 21.4 Å². The lowest BCUT2D eigenvalue weighted by atomic mass is 9.90. The lowest BCUT2D eigenvalue weighted by molar-refractivity contribution is 0.221. The number of halogens is 2. The van der Waals surface area contributed by atoms with E-state index in [-0.39, 0.29) is 21.5 Å². The first-order valence-corrected chi connectivity index (χ1v) is 16.1. The third-order valence-electron chi connectivity index (χ3n) is 7.92. The van der Waals surface area contributed by atoms with Crippen LogP contribution in [0.4, 0.5) is 10.3 Å². The van der Waals surface area contributed by atoms with Gasteiger partial charge in [-0.3, -0.25) is 0 Å². The zero-order chi connectivity index (χ0) is 30.0. The zero-order valence-electron chi connectivity index (χ0n) is 24.2. The SMILES string of the molecule is CCc1cc(-c2cc(F)c(CS(=O)(=O)c3ccccc3Cl)nc2OC)cc2cnc(NC3CCC(N(C)C)CC3)nc12. The van der Waals surface area contributed by atoms with Crippen LogP contribution in [-0.4, -0.2) is 61.6 Å². The molecule has 4 aromatic rings. The van der Waals surface area contributed by atoms with Crippen LogP contribution in [0.15, 0.2) is 53.6 Å². The van der Waals surface area contributed by atoms with E-state index >= 15 is 4.39 Å². The van der Waals surface area contributed by atoms with Gasteiger partial charge in [-0.25, -0.2) is 27.8 Å². The summed E-state index contributed by atoms with van der Waals surface area (Å²) in [6, 6.07) is 12.1. The number of pyridine rings is 1. The molecule has 5 rings (SSSR count). The first-order valence-electron chi connectivity index (χ1n) is 14.0. The van der Waals surface area contributed by atoms with Gasteiger partial charge in [0.2, 0.25) is 11.8 Å². The summed E-state index contributed by atoms with van der Waals surface area (Å²) in [7, 11) is 1.74. The van der Waals surface area contributed by atoms with Crippen LogP contribution in [0.3, 0.4) is 0 Å². The molecule has 1 saturated carbocycles. The second-order valence-corrected chi connectivity index (χ2v) is 13.3. The summed E-state index contributed by atoms with van der Waals surface area (Å²) in [6.07, 6.45) is 6.88. The summed E-state index contributed by atoms with van der Waals surface area (Å²) in [4.78, 5) is 15.9. The number of nitrogens with one attached hydrogen (secondary N) is 1. The Morgan fingerprint density at radius 2 is 1.83 bits per heavy atom. The number of sulfone groups is 1. The van der Waals surface area contributed by atoms with Gasteiger partial charge in [-0.2, -0.15) is 0 Å². The molecule has 0 amide bonds. The van der Waals surface area contributed by atoms with E-state index in [9.17, 15) is 8.42 Å². The molecule has 1 aliphatic carbocycles. The molecule has 11 heteroatoms. The van der Waals surface area contributed by atoms with E-state index in [0.29, 0.717) is 35.6 Å². The standard InChI is InChI=1S/C31H35ClFN5O3S/c1-5-19-14-20(15-21-17-34-31(37-29(19)21)35-22-10-12-23(13-11-22)38(2)3)24-16-26(33)27(36-30(24)41-4)18-42(39,40)28-9-7-6-8-25(28)32/h6-9,14-17,22-23H,5,10-13,18H2,1-4H3,(H,34,35,37). The van der Waals surface area contributed by atoms with Gasteiger partial charge in [0, 0.05) is 29.2 Å². The molecule has 222 valence electrons. The molecule has 0 unspecified atom stereocenters. The third-order valence-corrected chi connectivity index (χ3v) is 10.0. The summed E-state index contributed by atoms with van der Waals surface area (Å²) in [5.74, 6) is -0.681. The van der Waals surface area contributed by atoms with Crippen molar-refractivity contribution < 1.29 is 17.5 Å². The van der Waals surface area contributed by atoms with E-state index in [1.807, 2.05) is 19.1 Å². The van der Waals surface area contributed by atoms with Gasteiger partial charge in [0.1, 0.15) is 11.6 Å². The summed E-state index contributed by atoms with van der Waals surface area (Å²) in [5.41, 5.74) is 2.64. The number of hydrogen-bond donors (Lipinski definition) is 1. The number of rotatable bonds is 9. The van der Waals surface area contributed by atoms with Gasteiger partial charge >= 0.3 is 0 Å². The minimum Gasteiger partial charge on any atom is -0.481 e. The normalized spacial score (nSPS) is 17.5. The smallest absolute Gasteiger partial charge is 0.223 e. The van der Waals surface area contributed by atoms with Gasteiger partial charge in [-0.1, -0.05) is 30.7 Å². The molecule has 8 nitrogen and oxygen atoms in total. The minimum absolute atomic E-state index is 0.0713. The quantitative estimate of drug-likeness (QED) is 0.235. The van der Waals surface area contributed by atoms with Crippen LogP contribution in [0, 0.1) is 5.82 Å². The number of hydrogen-bond acceptors (Lipinski definition) is 8. The second-order valence-electron chi connectivity index (χ2n) is 10.9. The Bertz CT molecular complexity index is 1710. The van der Waals surface area contributed by atoms with Crippen LogP contribution in [-0.2, 0) is 22.0 Å². The van der Waals surface area contributed by atoms with Gasteiger partial charge < -0.3 is 15.0 Å². The maximum atomic E-state index is 15.4. The number of benzene rings is 2. The molecule has 0 saturated heterocycles. The van der Waals surface area contributed by atoms with Crippen molar-refractivity contribution in [3.63, 3.8) is 0 Å². The highest BCUT2D eigenvalue weighted by Gasteiger charge is 2.25. The number of nitrogens with zero attached hydrogens (tertiary/aromatic N) is 4. The molecule has 0 atom stereocenters. The van der Waals surface area contributed by atoms with Gasteiger partial charge in [-0.05, 0) is 87.7 Å². The molecule has 2 aromatic carbocycles. The Morgan fingerprint density at radius 1 is 1.10 bits per heavy atom. The Balaban J connectivity index is 1.44. The van der Waals surface area contributed by atoms with Crippen LogP contribution < -0.4 is 10.1 Å². The molecule has 1 aliphatic rings. The van der Waals surface area contributed by atoms with Crippen molar-refractivity contribution in [2.24, 2.45) is 0 Å². The molecule has 0 aliphatic heterocycles. The van der Waals surface area contributed by atoms with E-state index in [1.165, 1.54) is 25.3 Å². The predicted molar refractivity (Wildman–Crippen MR) is 164 cm³/mol. The van der Waals surface area contributed by atoms with Crippen LogP contribution in [0.5, 0.6) is 5.88 Å².